The largest absolute Gasteiger partial charge is 0.574 e. The molecule has 0 fully saturated rings. The van der Waals surface area contributed by atoms with Gasteiger partial charge in [0.05, 0.1) is 11.1 Å². The Hall–Kier alpha value is -1.78. The van der Waals surface area contributed by atoms with E-state index in [-0.39, 0.29) is 6.20 Å². The maximum atomic E-state index is 12.4. The number of halogens is 7. The summed E-state index contributed by atoms with van der Waals surface area (Å²) >= 11 is 5.09. The molecule has 0 saturated carbocycles. The number of hydrogen-bond acceptors (Lipinski definition) is 4. The Bertz CT molecular complexity index is 515. The first-order valence-electron chi connectivity index (χ1n) is 4.09. The number of alkyl halides is 6. The summed E-state index contributed by atoms with van der Waals surface area (Å²) in [4.78, 5) is 11.6. The van der Waals surface area contributed by atoms with Gasteiger partial charge in [-0.15, -0.1) is 13.2 Å². The number of hydrogen-bond donors (Lipinski definition) is 0. The third-order valence-electron chi connectivity index (χ3n) is 1.66. The lowest BCUT2D eigenvalue weighted by molar-refractivity contribution is -0.388. The lowest BCUT2D eigenvalue weighted by atomic mass is 10.2. The summed E-state index contributed by atoms with van der Waals surface area (Å²) in [6.45, 7) is 0. The van der Waals surface area contributed by atoms with Crippen molar-refractivity contribution in [2.75, 3.05) is 0 Å². The zero-order valence-corrected chi connectivity index (χ0v) is 9.10. The molecule has 5 nitrogen and oxygen atoms in total. The summed E-state index contributed by atoms with van der Waals surface area (Å²) in [7, 11) is 0. The van der Waals surface area contributed by atoms with Gasteiger partial charge in [-0.05, 0) is 0 Å². The third-order valence-corrected chi connectivity index (χ3v) is 2.00. The molecule has 0 radical (unpaired) electrons. The molecule has 1 rings (SSSR count). The van der Waals surface area contributed by atoms with Crippen molar-refractivity contribution in [2.45, 2.75) is 12.5 Å². The first-order valence-corrected chi connectivity index (χ1v) is 4.47. The van der Waals surface area contributed by atoms with Crippen molar-refractivity contribution in [1.29, 1.82) is 0 Å². The quantitative estimate of drug-likeness (QED) is 0.476. The van der Waals surface area contributed by atoms with Crippen LogP contribution in [0.2, 0.25) is 5.02 Å². The fourth-order valence-corrected chi connectivity index (χ4v) is 1.29. The Morgan fingerprint density at radius 1 is 1.26 bits per heavy atom. The van der Waals surface area contributed by atoms with Crippen molar-refractivity contribution < 1.29 is 36.0 Å². The van der Waals surface area contributed by atoms with Gasteiger partial charge >= 0.3 is 18.2 Å². The van der Waals surface area contributed by atoms with Crippen LogP contribution >= 0.6 is 11.6 Å². The van der Waals surface area contributed by atoms with Crippen molar-refractivity contribution in [1.82, 2.24) is 4.98 Å². The lowest BCUT2D eigenvalue weighted by Crippen LogP contribution is -2.19. The van der Waals surface area contributed by atoms with Gasteiger partial charge in [-0.2, -0.15) is 13.2 Å². The minimum atomic E-state index is -5.30. The Morgan fingerprint density at radius 3 is 2.16 bits per heavy atom. The monoisotopic (exact) mass is 310 g/mol. The van der Waals surface area contributed by atoms with Crippen LogP contribution in [0.3, 0.4) is 0 Å². The summed E-state index contributed by atoms with van der Waals surface area (Å²) < 4.78 is 76.0. The van der Waals surface area contributed by atoms with E-state index in [9.17, 15) is 36.5 Å². The normalized spacial score (nSPS) is 12.4. The van der Waals surface area contributed by atoms with Crippen molar-refractivity contribution in [3.63, 3.8) is 0 Å². The second-order valence-electron chi connectivity index (χ2n) is 2.94. The highest BCUT2D eigenvalue weighted by molar-refractivity contribution is 6.34. The Balaban J connectivity index is 3.45. The van der Waals surface area contributed by atoms with Gasteiger partial charge in [0.15, 0.2) is 10.6 Å². The van der Waals surface area contributed by atoms with E-state index in [1.54, 1.807) is 0 Å². The van der Waals surface area contributed by atoms with Gasteiger partial charge in [0.1, 0.15) is 0 Å². The van der Waals surface area contributed by atoms with Gasteiger partial charge in [0, 0.05) is 0 Å². The Labute approximate surface area is 104 Å². The zero-order valence-electron chi connectivity index (χ0n) is 8.34. The van der Waals surface area contributed by atoms with Crippen molar-refractivity contribution >= 4 is 17.3 Å². The predicted octanol–water partition coefficient (Wildman–Crippen LogP) is 3.56. The first-order chi connectivity index (χ1) is 8.43. The predicted molar refractivity (Wildman–Crippen MR) is 47.6 cm³/mol. The fourth-order valence-electron chi connectivity index (χ4n) is 1.03. The van der Waals surface area contributed by atoms with E-state index in [1.165, 1.54) is 0 Å². The maximum Gasteiger partial charge on any atom is 0.574 e. The molecule has 0 unspecified atom stereocenters. The van der Waals surface area contributed by atoms with Gasteiger partial charge < -0.3 is 4.74 Å². The molecular weight excluding hydrogens is 310 g/mol. The van der Waals surface area contributed by atoms with Crippen molar-refractivity contribution in [2.24, 2.45) is 0 Å². The van der Waals surface area contributed by atoms with Crippen LogP contribution in [0.25, 0.3) is 0 Å². The second kappa shape index (κ2) is 4.72. The Kier molecular flexibility index (Phi) is 3.79. The van der Waals surface area contributed by atoms with Crippen LogP contribution < -0.4 is 4.74 Å². The number of nitrogens with zero attached hydrogens (tertiary/aromatic N) is 2. The second-order valence-corrected chi connectivity index (χ2v) is 3.32. The van der Waals surface area contributed by atoms with E-state index >= 15 is 0 Å². The molecule has 0 aliphatic carbocycles. The number of pyridine rings is 1. The smallest absolute Gasteiger partial charge is 0.386 e. The van der Waals surface area contributed by atoms with Crippen molar-refractivity contribution in [3.8, 4) is 5.88 Å². The molecule has 0 N–H and O–H groups in total. The molecule has 0 spiro atoms. The van der Waals surface area contributed by atoms with E-state index in [0.29, 0.717) is 0 Å². The minimum Gasteiger partial charge on any atom is -0.386 e. The number of ether oxygens (including phenoxy) is 1. The highest BCUT2D eigenvalue weighted by Gasteiger charge is 2.43. The number of rotatable bonds is 2. The van der Waals surface area contributed by atoms with Gasteiger partial charge in [-0.3, -0.25) is 10.1 Å². The average Bonchev–Trinajstić information content (AvgIpc) is 2.16. The number of nitro groups is 1. The molecule has 1 aromatic rings. The molecule has 0 atom stereocenters. The molecule has 0 bridgehead atoms. The fraction of sp³-hybridized carbons (Fsp3) is 0.286. The zero-order chi connectivity index (χ0) is 15.0. The van der Waals surface area contributed by atoms with Crippen LogP contribution in [0.1, 0.15) is 5.56 Å². The van der Waals surface area contributed by atoms with Crippen LogP contribution in [-0.4, -0.2) is 16.3 Å². The molecule has 0 amide bonds. The van der Waals surface area contributed by atoms with E-state index in [0.717, 1.165) is 0 Å². The van der Waals surface area contributed by atoms with E-state index in [1.807, 2.05) is 0 Å². The standard InChI is InChI=1S/C7HClF6N2O3/c8-3-4(16(17)18)2(6(9,10)11)1-15-5(3)19-7(12,13)14/h1H. The summed E-state index contributed by atoms with van der Waals surface area (Å²) in [5, 5.41) is 8.97. The topological polar surface area (TPSA) is 65.3 Å². The number of aromatic nitrogens is 1. The van der Waals surface area contributed by atoms with Gasteiger partial charge in [0.2, 0.25) is 5.88 Å². The summed E-state index contributed by atoms with van der Waals surface area (Å²) in [6.07, 6.45) is -10.7. The first kappa shape index (κ1) is 15.3. The highest BCUT2D eigenvalue weighted by atomic mass is 35.5. The molecule has 0 saturated heterocycles. The molecule has 12 heteroatoms. The lowest BCUT2D eigenvalue weighted by Gasteiger charge is -2.12. The van der Waals surface area contributed by atoms with Crippen LogP contribution in [0.15, 0.2) is 6.20 Å². The highest BCUT2D eigenvalue weighted by Crippen LogP contribution is 2.43. The molecule has 0 aliphatic heterocycles. The molecule has 1 heterocycles. The Morgan fingerprint density at radius 2 is 1.79 bits per heavy atom. The van der Waals surface area contributed by atoms with E-state index in [2.05, 4.69) is 9.72 Å². The molecule has 106 valence electrons. The molecule has 19 heavy (non-hydrogen) atoms. The average molecular weight is 311 g/mol. The van der Waals surface area contributed by atoms with Gasteiger partial charge in [-0.1, -0.05) is 11.6 Å². The summed E-state index contributed by atoms with van der Waals surface area (Å²) in [5.41, 5.74) is -3.64. The third kappa shape index (κ3) is 3.59. The van der Waals surface area contributed by atoms with Crippen LogP contribution in [0, 0.1) is 10.1 Å². The molecular formula is C7HClF6N2O3. The molecule has 1 aromatic heterocycles. The van der Waals surface area contributed by atoms with Crippen molar-refractivity contribution in [3.05, 3.63) is 26.9 Å². The van der Waals surface area contributed by atoms with E-state index in [4.69, 9.17) is 11.6 Å². The molecule has 0 aromatic carbocycles. The van der Waals surface area contributed by atoms with Gasteiger partial charge in [-0.25, -0.2) is 4.98 Å². The van der Waals surface area contributed by atoms with E-state index < -0.39 is 39.6 Å². The van der Waals surface area contributed by atoms with Crippen LogP contribution in [0.4, 0.5) is 32.0 Å². The summed E-state index contributed by atoms with van der Waals surface area (Å²) in [6, 6.07) is 0. The van der Waals surface area contributed by atoms with Crippen LogP contribution in [0.5, 0.6) is 5.88 Å². The minimum absolute atomic E-state index is 0.162. The molecule has 0 aliphatic rings. The van der Waals surface area contributed by atoms with Crippen LogP contribution in [-0.2, 0) is 6.18 Å². The SMILES string of the molecule is O=[N+]([O-])c1c(C(F)(F)F)cnc(OC(F)(F)F)c1Cl. The summed E-state index contributed by atoms with van der Waals surface area (Å²) in [5.74, 6) is -1.53. The van der Waals surface area contributed by atoms with Gasteiger partial charge in [0.25, 0.3) is 0 Å². The maximum absolute atomic E-state index is 12.4.